The van der Waals surface area contributed by atoms with Crippen molar-refractivity contribution < 1.29 is 4.74 Å². The fraction of sp³-hybridized carbons (Fsp3) is 0.688. The van der Waals surface area contributed by atoms with E-state index >= 15 is 0 Å². The van der Waals surface area contributed by atoms with Crippen LogP contribution in [0.3, 0.4) is 0 Å². The fourth-order valence-electron chi connectivity index (χ4n) is 2.90. The first-order valence-corrected chi connectivity index (χ1v) is 9.33. The lowest BCUT2D eigenvalue weighted by Crippen LogP contribution is -2.18. The molecular formula is C16H24N4O2S. The summed E-state index contributed by atoms with van der Waals surface area (Å²) in [6.07, 6.45) is 8.76. The summed E-state index contributed by atoms with van der Waals surface area (Å²) in [4.78, 5) is 17.0. The molecule has 23 heavy (non-hydrogen) atoms. The molecule has 2 aromatic rings. The lowest BCUT2D eigenvalue weighted by Gasteiger charge is -2.15. The van der Waals surface area contributed by atoms with Gasteiger partial charge in [0, 0.05) is 18.3 Å². The third-order valence-corrected chi connectivity index (χ3v) is 5.06. The fourth-order valence-corrected chi connectivity index (χ4v) is 3.75. The molecule has 2 heterocycles. The van der Waals surface area contributed by atoms with Crippen LogP contribution < -0.4 is 10.9 Å². The van der Waals surface area contributed by atoms with Crippen molar-refractivity contribution in [1.29, 1.82) is 0 Å². The second-order valence-electron chi connectivity index (χ2n) is 5.95. The highest BCUT2D eigenvalue weighted by Gasteiger charge is 2.12. The number of fused-ring (bicyclic) bond motifs is 1. The van der Waals surface area contributed by atoms with Crippen LogP contribution in [0.5, 0.6) is 0 Å². The average Bonchev–Trinajstić information content (AvgIpc) is 2.79. The van der Waals surface area contributed by atoms with Crippen molar-refractivity contribution in [3.63, 3.8) is 0 Å². The molecule has 0 bridgehead atoms. The molecule has 3 rings (SSSR count). The van der Waals surface area contributed by atoms with Gasteiger partial charge in [0.1, 0.15) is 0 Å². The first-order chi connectivity index (χ1) is 11.3. The maximum atomic E-state index is 12.0. The maximum Gasteiger partial charge on any atom is 0.275 e. The third kappa shape index (κ3) is 4.29. The standard InChI is InChI=1S/C16H24N4O2S/c1-2-12-11-14(21)20-16(18-12)23-15(19-20)17-9-10-22-13-7-5-3-4-6-8-13/h11,13H,2-10H2,1H3,(H,17,19). The lowest BCUT2D eigenvalue weighted by atomic mass is 10.1. The van der Waals surface area contributed by atoms with Crippen LogP contribution in [-0.2, 0) is 11.2 Å². The van der Waals surface area contributed by atoms with E-state index in [1.54, 1.807) is 6.07 Å². The highest BCUT2D eigenvalue weighted by molar-refractivity contribution is 7.20. The Morgan fingerprint density at radius 2 is 2.13 bits per heavy atom. The first-order valence-electron chi connectivity index (χ1n) is 8.51. The maximum absolute atomic E-state index is 12.0. The molecule has 0 aromatic carbocycles. The highest BCUT2D eigenvalue weighted by atomic mass is 32.1. The zero-order valence-corrected chi connectivity index (χ0v) is 14.4. The second-order valence-corrected chi connectivity index (χ2v) is 6.91. The molecule has 1 fully saturated rings. The van der Waals surface area contributed by atoms with Crippen molar-refractivity contribution in [3.05, 3.63) is 22.1 Å². The van der Waals surface area contributed by atoms with Gasteiger partial charge in [0.25, 0.3) is 5.56 Å². The van der Waals surface area contributed by atoms with E-state index in [9.17, 15) is 4.79 Å². The van der Waals surface area contributed by atoms with Crippen LogP contribution in [0.4, 0.5) is 5.13 Å². The molecule has 1 N–H and O–H groups in total. The zero-order valence-electron chi connectivity index (χ0n) is 13.6. The first kappa shape index (κ1) is 16.4. The summed E-state index contributed by atoms with van der Waals surface area (Å²) in [7, 11) is 0. The summed E-state index contributed by atoms with van der Waals surface area (Å²) in [5, 5.41) is 8.23. The molecule has 0 unspecified atom stereocenters. The van der Waals surface area contributed by atoms with Crippen LogP contribution in [0, 0.1) is 0 Å². The van der Waals surface area contributed by atoms with Gasteiger partial charge in [-0.25, -0.2) is 4.98 Å². The number of nitrogens with one attached hydrogen (secondary N) is 1. The highest BCUT2D eigenvalue weighted by Crippen LogP contribution is 2.20. The predicted octanol–water partition coefficient (Wildman–Crippen LogP) is 2.86. The van der Waals surface area contributed by atoms with Gasteiger partial charge in [-0.3, -0.25) is 4.79 Å². The molecule has 0 atom stereocenters. The quantitative estimate of drug-likeness (QED) is 0.649. The van der Waals surface area contributed by atoms with Crippen LogP contribution in [0.1, 0.15) is 51.1 Å². The van der Waals surface area contributed by atoms with Crippen LogP contribution in [-0.4, -0.2) is 33.9 Å². The van der Waals surface area contributed by atoms with Crippen molar-refractivity contribution >= 4 is 21.4 Å². The average molecular weight is 336 g/mol. The Balaban J connectivity index is 1.53. The molecule has 1 aliphatic carbocycles. The normalized spacial score (nSPS) is 16.6. The summed E-state index contributed by atoms with van der Waals surface area (Å²) < 4.78 is 7.31. The Morgan fingerprint density at radius 3 is 2.87 bits per heavy atom. The molecule has 2 aromatic heterocycles. The van der Waals surface area contributed by atoms with Crippen LogP contribution >= 0.6 is 11.3 Å². The molecule has 1 saturated carbocycles. The molecule has 7 heteroatoms. The van der Waals surface area contributed by atoms with E-state index in [2.05, 4.69) is 15.4 Å². The Kier molecular flexibility index (Phi) is 5.61. The summed E-state index contributed by atoms with van der Waals surface area (Å²) in [6, 6.07) is 1.55. The van der Waals surface area contributed by atoms with Crippen molar-refractivity contribution in [2.45, 2.75) is 58.0 Å². The monoisotopic (exact) mass is 336 g/mol. The number of aromatic nitrogens is 3. The SMILES string of the molecule is CCc1cc(=O)n2nc(NCCOC3CCCCCC3)sc2n1. The molecule has 1 aliphatic rings. The predicted molar refractivity (Wildman–Crippen MR) is 92.4 cm³/mol. The van der Waals surface area contributed by atoms with Gasteiger partial charge in [0.05, 0.1) is 12.7 Å². The zero-order chi connectivity index (χ0) is 16.1. The smallest absolute Gasteiger partial charge is 0.275 e. The molecule has 0 radical (unpaired) electrons. The van der Waals surface area contributed by atoms with E-state index in [4.69, 9.17) is 4.74 Å². The molecule has 6 nitrogen and oxygen atoms in total. The van der Waals surface area contributed by atoms with Gasteiger partial charge in [0.2, 0.25) is 10.1 Å². The summed E-state index contributed by atoms with van der Waals surface area (Å²) in [5.41, 5.74) is 0.688. The van der Waals surface area contributed by atoms with Crippen LogP contribution in [0.25, 0.3) is 4.96 Å². The Bertz CT molecular complexity index is 689. The van der Waals surface area contributed by atoms with E-state index < -0.39 is 0 Å². The minimum absolute atomic E-state index is 0.120. The van der Waals surface area contributed by atoms with Crippen molar-refractivity contribution in [3.8, 4) is 0 Å². The molecule has 0 aliphatic heterocycles. The van der Waals surface area contributed by atoms with Crippen molar-refractivity contribution in [2.75, 3.05) is 18.5 Å². The summed E-state index contributed by atoms with van der Waals surface area (Å²) in [6.45, 7) is 3.36. The molecular weight excluding hydrogens is 312 g/mol. The Morgan fingerprint density at radius 1 is 1.35 bits per heavy atom. The Hall–Kier alpha value is -1.47. The molecule has 0 amide bonds. The van der Waals surface area contributed by atoms with E-state index in [0.29, 0.717) is 29.3 Å². The van der Waals surface area contributed by atoms with E-state index in [1.165, 1.54) is 54.4 Å². The van der Waals surface area contributed by atoms with Crippen molar-refractivity contribution in [2.24, 2.45) is 0 Å². The lowest BCUT2D eigenvalue weighted by molar-refractivity contribution is 0.0501. The van der Waals surface area contributed by atoms with Gasteiger partial charge < -0.3 is 10.1 Å². The second kappa shape index (κ2) is 7.88. The van der Waals surface area contributed by atoms with Crippen LogP contribution in [0.15, 0.2) is 10.9 Å². The number of aryl methyl sites for hydroxylation is 1. The van der Waals surface area contributed by atoms with E-state index in [-0.39, 0.29) is 5.56 Å². The van der Waals surface area contributed by atoms with Crippen molar-refractivity contribution in [1.82, 2.24) is 14.6 Å². The topological polar surface area (TPSA) is 68.5 Å². The van der Waals surface area contributed by atoms with Crippen LogP contribution in [0.2, 0.25) is 0 Å². The largest absolute Gasteiger partial charge is 0.376 e. The number of nitrogens with zero attached hydrogens (tertiary/aromatic N) is 3. The van der Waals surface area contributed by atoms with Gasteiger partial charge in [-0.05, 0) is 19.3 Å². The number of hydrogen-bond donors (Lipinski definition) is 1. The number of anilines is 1. The summed E-state index contributed by atoms with van der Waals surface area (Å²) in [5.74, 6) is 0. The van der Waals surface area contributed by atoms with Gasteiger partial charge in [0.15, 0.2) is 0 Å². The minimum Gasteiger partial charge on any atom is -0.376 e. The number of hydrogen-bond acceptors (Lipinski definition) is 6. The number of rotatable bonds is 6. The van der Waals surface area contributed by atoms with E-state index in [1.807, 2.05) is 6.92 Å². The molecule has 126 valence electrons. The minimum atomic E-state index is -0.120. The van der Waals surface area contributed by atoms with Gasteiger partial charge in [-0.15, -0.1) is 5.10 Å². The van der Waals surface area contributed by atoms with Gasteiger partial charge in [-0.1, -0.05) is 43.9 Å². The number of ether oxygens (including phenoxy) is 1. The van der Waals surface area contributed by atoms with E-state index in [0.717, 1.165) is 12.1 Å². The molecule has 0 saturated heterocycles. The summed E-state index contributed by atoms with van der Waals surface area (Å²) >= 11 is 1.40. The van der Waals surface area contributed by atoms with Gasteiger partial charge in [-0.2, -0.15) is 4.52 Å². The Labute approximate surface area is 139 Å². The van der Waals surface area contributed by atoms with Gasteiger partial charge >= 0.3 is 0 Å². The third-order valence-electron chi connectivity index (χ3n) is 4.19. The molecule has 0 spiro atoms.